The summed E-state index contributed by atoms with van der Waals surface area (Å²) < 4.78 is 0. The van der Waals surface area contributed by atoms with Crippen LogP contribution in [0.2, 0.25) is 0 Å². The lowest BCUT2D eigenvalue weighted by Crippen LogP contribution is -2.45. The second-order valence-corrected chi connectivity index (χ2v) is 4.09. The van der Waals surface area contributed by atoms with E-state index >= 15 is 0 Å². The number of aliphatic hydroxyl groups excluding tert-OH is 1. The monoisotopic (exact) mass is 159 g/mol. The highest BCUT2D eigenvalue weighted by Gasteiger charge is 2.23. The first-order valence-electron chi connectivity index (χ1n) is 4.34. The van der Waals surface area contributed by atoms with Crippen LogP contribution in [0.3, 0.4) is 0 Å². The van der Waals surface area contributed by atoms with E-state index in [9.17, 15) is 5.11 Å². The summed E-state index contributed by atoms with van der Waals surface area (Å²) in [5, 5.41) is 9.56. The van der Waals surface area contributed by atoms with E-state index in [0.717, 1.165) is 12.8 Å². The van der Waals surface area contributed by atoms with Crippen molar-refractivity contribution in [3.05, 3.63) is 0 Å². The number of aliphatic hydroxyl groups is 1. The standard InChI is InChI=1S/C9H21NO/c1-5-7(2)6-8(11)9(3,4)10/h7-8,11H,5-6,10H2,1-4H3. The van der Waals surface area contributed by atoms with Crippen LogP contribution in [0.15, 0.2) is 0 Å². The second kappa shape index (κ2) is 4.07. The van der Waals surface area contributed by atoms with Crippen LogP contribution in [-0.2, 0) is 0 Å². The van der Waals surface area contributed by atoms with Gasteiger partial charge in [-0.1, -0.05) is 20.3 Å². The highest BCUT2D eigenvalue weighted by atomic mass is 16.3. The summed E-state index contributed by atoms with van der Waals surface area (Å²) in [5.41, 5.74) is 5.28. The quantitative estimate of drug-likeness (QED) is 0.653. The van der Waals surface area contributed by atoms with E-state index < -0.39 is 5.54 Å². The average molecular weight is 159 g/mol. The van der Waals surface area contributed by atoms with Crippen LogP contribution in [0, 0.1) is 5.92 Å². The summed E-state index contributed by atoms with van der Waals surface area (Å²) in [6.07, 6.45) is 1.53. The minimum absolute atomic E-state index is 0.377. The highest BCUT2D eigenvalue weighted by Crippen LogP contribution is 2.16. The fraction of sp³-hybridized carbons (Fsp3) is 1.00. The summed E-state index contributed by atoms with van der Waals surface area (Å²) in [5.74, 6) is 0.563. The van der Waals surface area contributed by atoms with Crippen LogP contribution in [0.1, 0.15) is 40.5 Å². The molecule has 0 rings (SSSR count). The molecule has 0 amide bonds. The van der Waals surface area contributed by atoms with E-state index in [-0.39, 0.29) is 6.10 Å². The van der Waals surface area contributed by atoms with Gasteiger partial charge in [0, 0.05) is 5.54 Å². The van der Waals surface area contributed by atoms with E-state index in [1.54, 1.807) is 0 Å². The van der Waals surface area contributed by atoms with Crippen LogP contribution in [0.5, 0.6) is 0 Å². The van der Waals surface area contributed by atoms with Gasteiger partial charge in [0.2, 0.25) is 0 Å². The first kappa shape index (κ1) is 10.9. The molecule has 0 saturated carbocycles. The van der Waals surface area contributed by atoms with Gasteiger partial charge in [-0.2, -0.15) is 0 Å². The lowest BCUT2D eigenvalue weighted by Gasteiger charge is -2.27. The fourth-order valence-electron chi connectivity index (χ4n) is 0.852. The van der Waals surface area contributed by atoms with Crippen LogP contribution in [0.25, 0.3) is 0 Å². The van der Waals surface area contributed by atoms with Gasteiger partial charge in [0.05, 0.1) is 6.10 Å². The van der Waals surface area contributed by atoms with Gasteiger partial charge in [-0.3, -0.25) is 0 Å². The molecular weight excluding hydrogens is 138 g/mol. The Morgan fingerprint density at radius 1 is 1.45 bits per heavy atom. The molecule has 0 aromatic carbocycles. The lowest BCUT2D eigenvalue weighted by atomic mass is 9.90. The molecule has 0 spiro atoms. The first-order valence-corrected chi connectivity index (χ1v) is 4.34. The topological polar surface area (TPSA) is 46.2 Å². The average Bonchev–Trinajstić information content (AvgIpc) is 1.85. The smallest absolute Gasteiger partial charge is 0.0716 e. The second-order valence-electron chi connectivity index (χ2n) is 4.09. The molecule has 0 bridgehead atoms. The Morgan fingerprint density at radius 2 is 1.91 bits per heavy atom. The minimum Gasteiger partial charge on any atom is -0.391 e. The molecule has 2 atom stereocenters. The van der Waals surface area contributed by atoms with Crippen LogP contribution < -0.4 is 5.73 Å². The van der Waals surface area contributed by atoms with Crippen LogP contribution in [0.4, 0.5) is 0 Å². The molecule has 0 aliphatic carbocycles. The molecule has 2 unspecified atom stereocenters. The van der Waals surface area contributed by atoms with Gasteiger partial charge in [0.25, 0.3) is 0 Å². The maximum Gasteiger partial charge on any atom is 0.0716 e. The van der Waals surface area contributed by atoms with Gasteiger partial charge in [-0.15, -0.1) is 0 Å². The van der Waals surface area contributed by atoms with Gasteiger partial charge >= 0.3 is 0 Å². The van der Waals surface area contributed by atoms with Crippen molar-refractivity contribution in [3.8, 4) is 0 Å². The molecule has 0 saturated heterocycles. The zero-order valence-corrected chi connectivity index (χ0v) is 8.09. The van der Waals surface area contributed by atoms with E-state index in [1.165, 1.54) is 0 Å². The third-order valence-corrected chi connectivity index (χ3v) is 2.18. The predicted molar refractivity (Wildman–Crippen MR) is 48.3 cm³/mol. The molecule has 2 heteroatoms. The zero-order valence-electron chi connectivity index (χ0n) is 8.09. The lowest BCUT2D eigenvalue weighted by molar-refractivity contribution is 0.0802. The van der Waals surface area contributed by atoms with Crippen molar-refractivity contribution in [3.63, 3.8) is 0 Å². The molecule has 11 heavy (non-hydrogen) atoms. The molecule has 3 N–H and O–H groups in total. The molecular formula is C9H21NO. The van der Waals surface area contributed by atoms with Gasteiger partial charge in [-0.25, -0.2) is 0 Å². The van der Waals surface area contributed by atoms with E-state index in [1.807, 2.05) is 13.8 Å². The molecule has 0 aliphatic rings. The maximum atomic E-state index is 9.56. The van der Waals surface area contributed by atoms with Crippen molar-refractivity contribution < 1.29 is 5.11 Å². The fourth-order valence-corrected chi connectivity index (χ4v) is 0.852. The molecule has 0 fully saturated rings. The van der Waals surface area contributed by atoms with Gasteiger partial charge in [-0.05, 0) is 26.2 Å². The summed E-state index contributed by atoms with van der Waals surface area (Å²) in [4.78, 5) is 0. The molecule has 0 heterocycles. The van der Waals surface area contributed by atoms with Crippen molar-refractivity contribution in [2.24, 2.45) is 11.7 Å². The molecule has 0 aromatic heterocycles. The van der Waals surface area contributed by atoms with Crippen LogP contribution in [-0.4, -0.2) is 16.7 Å². The van der Waals surface area contributed by atoms with Gasteiger partial charge in [0.15, 0.2) is 0 Å². The Morgan fingerprint density at radius 3 is 2.18 bits per heavy atom. The molecule has 0 aromatic rings. The van der Waals surface area contributed by atoms with Gasteiger partial charge < -0.3 is 10.8 Å². The van der Waals surface area contributed by atoms with Crippen molar-refractivity contribution in [2.75, 3.05) is 0 Å². The van der Waals surface area contributed by atoms with Crippen molar-refractivity contribution in [2.45, 2.75) is 52.2 Å². The Hall–Kier alpha value is -0.0800. The van der Waals surface area contributed by atoms with Crippen molar-refractivity contribution >= 4 is 0 Å². The summed E-state index contributed by atoms with van der Waals surface area (Å²) >= 11 is 0. The summed E-state index contributed by atoms with van der Waals surface area (Å²) in [7, 11) is 0. The van der Waals surface area contributed by atoms with E-state index in [4.69, 9.17) is 5.73 Å². The Balaban J connectivity index is 3.77. The van der Waals surface area contributed by atoms with E-state index in [2.05, 4.69) is 13.8 Å². The maximum absolute atomic E-state index is 9.56. The molecule has 68 valence electrons. The highest BCUT2D eigenvalue weighted by molar-refractivity contribution is 4.82. The number of hydrogen-bond donors (Lipinski definition) is 2. The van der Waals surface area contributed by atoms with Crippen molar-refractivity contribution in [1.82, 2.24) is 0 Å². The van der Waals surface area contributed by atoms with E-state index in [0.29, 0.717) is 5.92 Å². The SMILES string of the molecule is CCC(C)CC(O)C(C)(C)N. The number of nitrogens with two attached hydrogens (primary N) is 1. The summed E-state index contributed by atoms with van der Waals surface area (Å²) in [6, 6.07) is 0. The molecule has 2 nitrogen and oxygen atoms in total. The zero-order chi connectivity index (χ0) is 9.07. The third kappa shape index (κ3) is 4.38. The number of hydrogen-bond acceptors (Lipinski definition) is 2. The molecule has 0 radical (unpaired) electrons. The molecule has 0 aliphatic heterocycles. The number of rotatable bonds is 4. The van der Waals surface area contributed by atoms with Crippen LogP contribution >= 0.6 is 0 Å². The first-order chi connectivity index (χ1) is 4.88. The van der Waals surface area contributed by atoms with Crippen molar-refractivity contribution in [1.29, 1.82) is 0 Å². The Kier molecular flexibility index (Phi) is 4.04. The normalized spacial score (nSPS) is 18.0. The van der Waals surface area contributed by atoms with Gasteiger partial charge in [0.1, 0.15) is 0 Å². The minimum atomic E-state index is -0.455. The Labute approximate surface area is 69.8 Å². The largest absolute Gasteiger partial charge is 0.391 e. The third-order valence-electron chi connectivity index (χ3n) is 2.18. The Bertz CT molecular complexity index is 107. The summed E-state index contributed by atoms with van der Waals surface area (Å²) in [6.45, 7) is 7.98. The predicted octanol–water partition coefficient (Wildman–Crippen LogP) is 1.52.